The maximum absolute atomic E-state index is 13.0. The van der Waals surface area contributed by atoms with E-state index in [0.717, 1.165) is 15.8 Å². The van der Waals surface area contributed by atoms with E-state index in [1.807, 2.05) is 24.3 Å². The number of fused-ring (bicyclic) bond motifs is 1. The smallest absolute Gasteiger partial charge is 0.228 e. The fraction of sp³-hybridized carbons (Fsp3) is 0.0476. The first-order valence-corrected chi connectivity index (χ1v) is 9.13. The summed E-state index contributed by atoms with van der Waals surface area (Å²) in [7, 11) is 0. The van der Waals surface area contributed by atoms with Crippen LogP contribution in [0.5, 0.6) is 5.75 Å². The third-order valence-electron chi connectivity index (χ3n) is 4.08. The molecule has 1 heterocycles. The van der Waals surface area contributed by atoms with Crippen LogP contribution in [0.25, 0.3) is 20.8 Å². The zero-order chi connectivity index (χ0) is 18.8. The summed E-state index contributed by atoms with van der Waals surface area (Å²) >= 11 is 1.48. The molecular weight excluding hydrogens is 363 g/mol. The van der Waals surface area contributed by atoms with E-state index in [1.54, 1.807) is 24.3 Å². The summed E-state index contributed by atoms with van der Waals surface area (Å²) in [6.45, 7) is 0. The second-order valence-corrected chi connectivity index (χ2v) is 7.10. The van der Waals surface area contributed by atoms with Gasteiger partial charge in [-0.2, -0.15) is 0 Å². The summed E-state index contributed by atoms with van der Waals surface area (Å²) in [6.07, 6.45) is 0.137. The number of benzene rings is 3. The molecule has 1 aromatic heterocycles. The maximum atomic E-state index is 13.0. The number of aromatic nitrogens is 1. The summed E-state index contributed by atoms with van der Waals surface area (Å²) in [5.41, 5.74) is 2.71. The molecular formula is C21H15FN2O2S. The molecule has 0 fully saturated rings. The Morgan fingerprint density at radius 2 is 1.85 bits per heavy atom. The van der Waals surface area contributed by atoms with Crippen LogP contribution in [0, 0.1) is 5.82 Å². The van der Waals surface area contributed by atoms with Gasteiger partial charge in [-0.25, -0.2) is 9.37 Å². The van der Waals surface area contributed by atoms with Gasteiger partial charge in [-0.3, -0.25) is 4.79 Å². The Kier molecular flexibility index (Phi) is 4.56. The number of amides is 1. The molecule has 4 nitrogen and oxygen atoms in total. The molecule has 0 aliphatic rings. The SMILES string of the molecule is O=C(Cc1ccc(F)cc1)Nc1ccc(O)c(-c2nc3ccccc3s2)c1. The standard InChI is InChI=1S/C21H15FN2O2S/c22-14-7-5-13(6-8-14)11-20(26)23-15-9-10-18(25)16(12-15)21-24-17-3-1-2-4-19(17)27-21/h1-10,12,25H,11H2,(H,23,26). The van der Waals surface area contributed by atoms with Crippen LogP contribution in [0.3, 0.4) is 0 Å². The summed E-state index contributed by atoms with van der Waals surface area (Å²) in [5, 5.41) is 13.7. The molecule has 0 radical (unpaired) electrons. The van der Waals surface area contributed by atoms with Crippen LogP contribution in [-0.4, -0.2) is 16.0 Å². The van der Waals surface area contributed by atoms with Crippen molar-refractivity contribution in [1.29, 1.82) is 0 Å². The topological polar surface area (TPSA) is 62.2 Å². The Morgan fingerprint density at radius 1 is 1.07 bits per heavy atom. The number of phenolic OH excluding ortho intramolecular Hbond substituents is 1. The Hall–Kier alpha value is -3.25. The molecule has 0 saturated carbocycles. The molecule has 1 amide bonds. The van der Waals surface area contributed by atoms with Crippen molar-refractivity contribution in [1.82, 2.24) is 4.98 Å². The van der Waals surface area contributed by atoms with E-state index >= 15 is 0 Å². The zero-order valence-electron chi connectivity index (χ0n) is 14.1. The third kappa shape index (κ3) is 3.80. The average molecular weight is 378 g/mol. The van der Waals surface area contributed by atoms with E-state index in [2.05, 4.69) is 10.3 Å². The van der Waals surface area contributed by atoms with Crippen molar-refractivity contribution >= 4 is 33.1 Å². The Labute approximate surface area is 158 Å². The van der Waals surface area contributed by atoms with Gasteiger partial charge in [0.1, 0.15) is 16.6 Å². The van der Waals surface area contributed by atoms with Gasteiger partial charge >= 0.3 is 0 Å². The van der Waals surface area contributed by atoms with Crippen molar-refractivity contribution in [3.63, 3.8) is 0 Å². The Bertz CT molecular complexity index is 1090. The number of thiazole rings is 1. The van der Waals surface area contributed by atoms with Crippen molar-refractivity contribution in [3.05, 3.63) is 78.1 Å². The second-order valence-electron chi connectivity index (χ2n) is 6.07. The first-order chi connectivity index (χ1) is 13.1. The highest BCUT2D eigenvalue weighted by Crippen LogP contribution is 2.36. The normalized spacial score (nSPS) is 10.9. The van der Waals surface area contributed by atoms with Crippen LogP contribution in [0.2, 0.25) is 0 Å². The van der Waals surface area contributed by atoms with Crippen LogP contribution < -0.4 is 5.32 Å². The van der Waals surface area contributed by atoms with E-state index in [1.165, 1.54) is 29.5 Å². The molecule has 134 valence electrons. The lowest BCUT2D eigenvalue weighted by Gasteiger charge is -2.08. The highest BCUT2D eigenvalue weighted by atomic mass is 32.1. The molecule has 0 aliphatic carbocycles. The van der Waals surface area contributed by atoms with Crippen molar-refractivity contribution in [3.8, 4) is 16.3 Å². The molecule has 4 rings (SSSR count). The number of carbonyl (C=O) groups excluding carboxylic acids is 1. The highest BCUT2D eigenvalue weighted by molar-refractivity contribution is 7.21. The van der Waals surface area contributed by atoms with Crippen molar-refractivity contribution < 1.29 is 14.3 Å². The Morgan fingerprint density at radius 3 is 2.63 bits per heavy atom. The molecule has 6 heteroatoms. The number of carbonyl (C=O) groups is 1. The van der Waals surface area contributed by atoms with Crippen LogP contribution in [0.1, 0.15) is 5.56 Å². The minimum atomic E-state index is -0.335. The number of hydrogen-bond donors (Lipinski definition) is 2. The van der Waals surface area contributed by atoms with Gasteiger partial charge in [0.2, 0.25) is 5.91 Å². The molecule has 0 saturated heterocycles. The zero-order valence-corrected chi connectivity index (χ0v) is 15.0. The molecule has 0 bridgehead atoms. The predicted molar refractivity (Wildman–Crippen MR) is 105 cm³/mol. The molecule has 2 N–H and O–H groups in total. The van der Waals surface area contributed by atoms with E-state index in [0.29, 0.717) is 16.3 Å². The minimum absolute atomic E-state index is 0.102. The van der Waals surface area contributed by atoms with Gasteiger partial charge in [0.05, 0.1) is 22.2 Å². The first kappa shape index (κ1) is 17.2. The van der Waals surface area contributed by atoms with Crippen LogP contribution in [-0.2, 0) is 11.2 Å². The number of rotatable bonds is 4. The van der Waals surface area contributed by atoms with Crippen LogP contribution in [0.4, 0.5) is 10.1 Å². The first-order valence-electron chi connectivity index (χ1n) is 8.32. The van der Waals surface area contributed by atoms with Crippen molar-refractivity contribution in [2.24, 2.45) is 0 Å². The number of nitrogens with zero attached hydrogens (tertiary/aromatic N) is 1. The molecule has 0 aliphatic heterocycles. The number of halogens is 1. The van der Waals surface area contributed by atoms with Gasteiger partial charge < -0.3 is 10.4 Å². The highest BCUT2D eigenvalue weighted by Gasteiger charge is 2.12. The molecule has 4 aromatic rings. The number of para-hydroxylation sites is 1. The number of aromatic hydroxyl groups is 1. The van der Waals surface area contributed by atoms with E-state index in [4.69, 9.17) is 0 Å². The number of phenols is 1. The molecule has 0 atom stereocenters. The number of anilines is 1. The molecule has 0 spiro atoms. The van der Waals surface area contributed by atoms with E-state index < -0.39 is 0 Å². The predicted octanol–water partition coefficient (Wildman–Crippen LogP) is 4.99. The molecule has 27 heavy (non-hydrogen) atoms. The quantitative estimate of drug-likeness (QED) is 0.492. The van der Waals surface area contributed by atoms with Gasteiger partial charge in [-0.15, -0.1) is 11.3 Å². The summed E-state index contributed by atoms with van der Waals surface area (Å²) in [4.78, 5) is 16.8. The second kappa shape index (κ2) is 7.17. The van der Waals surface area contributed by atoms with Crippen LogP contribution in [0.15, 0.2) is 66.7 Å². The Balaban J connectivity index is 1.56. The lowest BCUT2D eigenvalue weighted by atomic mass is 10.1. The van der Waals surface area contributed by atoms with Crippen molar-refractivity contribution in [2.45, 2.75) is 6.42 Å². The van der Waals surface area contributed by atoms with E-state index in [9.17, 15) is 14.3 Å². The lowest BCUT2D eigenvalue weighted by molar-refractivity contribution is -0.115. The van der Waals surface area contributed by atoms with Gasteiger partial charge in [0.25, 0.3) is 0 Å². The van der Waals surface area contributed by atoms with E-state index in [-0.39, 0.29) is 23.9 Å². The van der Waals surface area contributed by atoms with Gasteiger partial charge in [-0.05, 0) is 48.0 Å². The number of nitrogens with one attached hydrogen (secondary N) is 1. The van der Waals surface area contributed by atoms with Gasteiger partial charge in [0.15, 0.2) is 0 Å². The largest absolute Gasteiger partial charge is 0.507 e. The maximum Gasteiger partial charge on any atom is 0.228 e. The lowest BCUT2D eigenvalue weighted by Crippen LogP contribution is -2.14. The molecule has 0 unspecified atom stereocenters. The number of hydrogen-bond acceptors (Lipinski definition) is 4. The average Bonchev–Trinajstić information content (AvgIpc) is 3.09. The van der Waals surface area contributed by atoms with Gasteiger partial charge in [0, 0.05) is 5.69 Å². The third-order valence-corrected chi connectivity index (χ3v) is 5.15. The summed E-state index contributed by atoms with van der Waals surface area (Å²) in [6, 6.07) is 18.4. The van der Waals surface area contributed by atoms with Crippen LogP contribution >= 0.6 is 11.3 Å². The summed E-state index contributed by atoms with van der Waals surface area (Å²) < 4.78 is 14.0. The fourth-order valence-corrected chi connectivity index (χ4v) is 3.76. The monoisotopic (exact) mass is 378 g/mol. The van der Waals surface area contributed by atoms with Gasteiger partial charge in [-0.1, -0.05) is 24.3 Å². The fourth-order valence-electron chi connectivity index (χ4n) is 2.77. The van der Waals surface area contributed by atoms with Crippen molar-refractivity contribution in [2.75, 3.05) is 5.32 Å². The minimum Gasteiger partial charge on any atom is -0.507 e. The summed E-state index contributed by atoms with van der Waals surface area (Å²) in [5.74, 6) is -0.452. The molecule has 3 aromatic carbocycles.